The molecule has 0 heterocycles. The van der Waals surface area contributed by atoms with Crippen LogP contribution in [0.15, 0.2) is 30.3 Å². The van der Waals surface area contributed by atoms with Crippen molar-refractivity contribution in [2.75, 3.05) is 6.61 Å². The van der Waals surface area contributed by atoms with E-state index in [9.17, 15) is 9.59 Å². The third kappa shape index (κ3) is 5.71. The quantitative estimate of drug-likeness (QED) is 0.589. The van der Waals surface area contributed by atoms with Crippen LogP contribution in [0.25, 0.3) is 0 Å². The second kappa shape index (κ2) is 8.16. The van der Waals surface area contributed by atoms with E-state index in [0.29, 0.717) is 19.4 Å². The standard InChI is InChI=1S/C14H19NO5/c15-12(14(18)19)9-10(13(16)17)5-4-8-20-11-6-2-1-3-7-11/h1-3,6-7,10,12H,4-5,8-9,15H2,(H,16,17)(H,18,19)/t10-,12-/m0/s1. The Morgan fingerprint density at radius 2 is 1.80 bits per heavy atom. The molecule has 0 saturated heterocycles. The first-order valence-corrected chi connectivity index (χ1v) is 6.39. The van der Waals surface area contributed by atoms with Crippen molar-refractivity contribution in [2.24, 2.45) is 11.7 Å². The minimum absolute atomic E-state index is 0.0734. The van der Waals surface area contributed by atoms with Crippen molar-refractivity contribution in [1.29, 1.82) is 0 Å². The van der Waals surface area contributed by atoms with E-state index >= 15 is 0 Å². The van der Waals surface area contributed by atoms with Crippen molar-refractivity contribution in [1.82, 2.24) is 0 Å². The van der Waals surface area contributed by atoms with Crippen molar-refractivity contribution in [3.05, 3.63) is 30.3 Å². The monoisotopic (exact) mass is 281 g/mol. The van der Waals surface area contributed by atoms with Crippen LogP contribution in [0.5, 0.6) is 5.75 Å². The number of carboxylic acids is 2. The van der Waals surface area contributed by atoms with Crippen molar-refractivity contribution >= 4 is 11.9 Å². The van der Waals surface area contributed by atoms with Gasteiger partial charge in [0.25, 0.3) is 0 Å². The molecule has 1 rings (SSSR count). The molecular weight excluding hydrogens is 262 g/mol. The number of carboxylic acid groups (broad SMARTS) is 2. The van der Waals surface area contributed by atoms with Crippen LogP contribution in [-0.2, 0) is 9.59 Å². The summed E-state index contributed by atoms with van der Waals surface area (Å²) in [6.07, 6.45) is 0.789. The summed E-state index contributed by atoms with van der Waals surface area (Å²) in [4.78, 5) is 21.7. The van der Waals surface area contributed by atoms with E-state index in [-0.39, 0.29) is 6.42 Å². The first-order valence-electron chi connectivity index (χ1n) is 6.39. The molecule has 0 unspecified atom stereocenters. The summed E-state index contributed by atoms with van der Waals surface area (Å²) in [5.74, 6) is -2.25. The van der Waals surface area contributed by atoms with E-state index in [0.717, 1.165) is 5.75 Å². The summed E-state index contributed by atoms with van der Waals surface area (Å²) >= 11 is 0. The van der Waals surface area contributed by atoms with E-state index < -0.39 is 23.9 Å². The largest absolute Gasteiger partial charge is 0.494 e. The lowest BCUT2D eigenvalue weighted by Gasteiger charge is -2.15. The Bertz CT molecular complexity index is 434. The highest BCUT2D eigenvalue weighted by Crippen LogP contribution is 2.15. The molecule has 4 N–H and O–H groups in total. The number of carbonyl (C=O) groups is 2. The van der Waals surface area contributed by atoms with E-state index in [4.69, 9.17) is 20.7 Å². The molecule has 0 aromatic heterocycles. The van der Waals surface area contributed by atoms with Gasteiger partial charge in [-0.05, 0) is 31.4 Å². The Balaban J connectivity index is 2.32. The van der Waals surface area contributed by atoms with Gasteiger partial charge in [-0.25, -0.2) is 0 Å². The van der Waals surface area contributed by atoms with E-state index in [1.54, 1.807) is 0 Å². The maximum atomic E-state index is 11.0. The van der Waals surface area contributed by atoms with Crippen LogP contribution in [0.2, 0.25) is 0 Å². The molecule has 0 saturated carbocycles. The van der Waals surface area contributed by atoms with Gasteiger partial charge in [-0.1, -0.05) is 18.2 Å². The van der Waals surface area contributed by atoms with Crippen LogP contribution < -0.4 is 10.5 Å². The molecule has 110 valence electrons. The van der Waals surface area contributed by atoms with Crippen LogP contribution >= 0.6 is 0 Å². The molecule has 0 aliphatic heterocycles. The van der Waals surface area contributed by atoms with Gasteiger partial charge in [0, 0.05) is 0 Å². The number of para-hydroxylation sites is 1. The second-order valence-corrected chi connectivity index (χ2v) is 4.52. The lowest BCUT2D eigenvalue weighted by atomic mass is 9.95. The molecule has 1 aromatic rings. The zero-order valence-corrected chi connectivity index (χ0v) is 11.1. The smallest absolute Gasteiger partial charge is 0.320 e. The summed E-state index contributed by atoms with van der Waals surface area (Å²) in [6, 6.07) is 8.05. The topological polar surface area (TPSA) is 110 Å². The molecule has 0 bridgehead atoms. The number of rotatable bonds is 9. The predicted molar refractivity (Wildman–Crippen MR) is 72.5 cm³/mol. The zero-order valence-electron chi connectivity index (χ0n) is 11.1. The first kappa shape index (κ1) is 16.0. The third-order valence-electron chi connectivity index (χ3n) is 2.91. The molecule has 20 heavy (non-hydrogen) atoms. The lowest BCUT2D eigenvalue weighted by molar-refractivity contribution is -0.143. The highest BCUT2D eigenvalue weighted by Gasteiger charge is 2.23. The Morgan fingerprint density at radius 1 is 1.15 bits per heavy atom. The van der Waals surface area contributed by atoms with E-state index in [1.165, 1.54) is 0 Å². The second-order valence-electron chi connectivity index (χ2n) is 4.52. The number of aliphatic carboxylic acids is 2. The molecule has 0 aliphatic carbocycles. The van der Waals surface area contributed by atoms with Crippen LogP contribution in [0.3, 0.4) is 0 Å². The fourth-order valence-electron chi connectivity index (χ4n) is 1.79. The van der Waals surface area contributed by atoms with Gasteiger partial charge in [0.2, 0.25) is 0 Å². The van der Waals surface area contributed by atoms with Gasteiger partial charge < -0.3 is 20.7 Å². The average Bonchev–Trinajstić information content (AvgIpc) is 2.42. The van der Waals surface area contributed by atoms with Crippen LogP contribution in [0.1, 0.15) is 19.3 Å². The fraction of sp³-hybridized carbons (Fsp3) is 0.429. The molecule has 6 nitrogen and oxygen atoms in total. The highest BCUT2D eigenvalue weighted by molar-refractivity contribution is 5.75. The molecule has 0 radical (unpaired) electrons. The summed E-state index contributed by atoms with van der Waals surface area (Å²) < 4.78 is 5.45. The highest BCUT2D eigenvalue weighted by atomic mass is 16.5. The minimum Gasteiger partial charge on any atom is -0.494 e. The summed E-state index contributed by atoms with van der Waals surface area (Å²) in [7, 11) is 0. The van der Waals surface area contributed by atoms with Crippen LogP contribution in [0, 0.1) is 5.92 Å². The summed E-state index contributed by atoms with van der Waals surface area (Å²) in [5, 5.41) is 17.7. The van der Waals surface area contributed by atoms with Gasteiger partial charge in [-0.2, -0.15) is 0 Å². The molecule has 0 aliphatic rings. The van der Waals surface area contributed by atoms with Crippen molar-refractivity contribution in [3.63, 3.8) is 0 Å². The van der Waals surface area contributed by atoms with Gasteiger partial charge in [-0.3, -0.25) is 9.59 Å². The van der Waals surface area contributed by atoms with Crippen molar-refractivity contribution < 1.29 is 24.5 Å². The van der Waals surface area contributed by atoms with Crippen LogP contribution in [0.4, 0.5) is 0 Å². The van der Waals surface area contributed by atoms with Gasteiger partial charge in [-0.15, -0.1) is 0 Å². The molecular formula is C14H19NO5. The Hall–Kier alpha value is -2.08. The first-order chi connectivity index (χ1) is 9.50. The predicted octanol–water partition coefficient (Wildman–Crippen LogP) is 1.35. The zero-order chi connectivity index (χ0) is 15.0. The van der Waals surface area contributed by atoms with Gasteiger partial charge in [0.1, 0.15) is 11.8 Å². The third-order valence-corrected chi connectivity index (χ3v) is 2.91. The molecule has 2 atom stereocenters. The Morgan fingerprint density at radius 3 is 2.35 bits per heavy atom. The number of ether oxygens (including phenoxy) is 1. The molecule has 0 spiro atoms. The Labute approximate surface area is 117 Å². The van der Waals surface area contributed by atoms with Gasteiger partial charge in [0.15, 0.2) is 0 Å². The van der Waals surface area contributed by atoms with Crippen molar-refractivity contribution in [2.45, 2.75) is 25.3 Å². The summed E-state index contributed by atoms with van der Waals surface area (Å²) in [5.41, 5.74) is 5.36. The number of hydrogen-bond donors (Lipinski definition) is 3. The Kier molecular flexibility index (Phi) is 6.52. The average molecular weight is 281 g/mol. The molecule has 0 amide bonds. The molecule has 0 fully saturated rings. The van der Waals surface area contributed by atoms with Crippen molar-refractivity contribution in [3.8, 4) is 5.75 Å². The van der Waals surface area contributed by atoms with E-state index in [1.807, 2.05) is 30.3 Å². The SMILES string of the molecule is N[C@@H](C[C@H](CCCOc1ccccc1)C(=O)O)C(=O)O. The fourth-order valence-corrected chi connectivity index (χ4v) is 1.79. The summed E-state index contributed by atoms with van der Waals surface area (Å²) in [6.45, 7) is 0.385. The maximum Gasteiger partial charge on any atom is 0.320 e. The number of hydrogen-bond acceptors (Lipinski definition) is 4. The van der Waals surface area contributed by atoms with E-state index in [2.05, 4.69) is 0 Å². The van der Waals surface area contributed by atoms with Gasteiger partial charge in [0.05, 0.1) is 12.5 Å². The number of nitrogens with two attached hydrogens (primary N) is 1. The lowest BCUT2D eigenvalue weighted by Crippen LogP contribution is -2.34. The van der Waals surface area contributed by atoms with Crippen LogP contribution in [-0.4, -0.2) is 34.8 Å². The maximum absolute atomic E-state index is 11.0. The minimum atomic E-state index is -1.18. The molecule has 1 aromatic carbocycles. The number of benzene rings is 1. The molecule has 6 heteroatoms. The van der Waals surface area contributed by atoms with Gasteiger partial charge >= 0.3 is 11.9 Å². The normalized spacial score (nSPS) is 13.4.